The molecule has 1 aromatic rings. The molecule has 0 saturated carbocycles. The van der Waals surface area contributed by atoms with Crippen LogP contribution in [0.1, 0.15) is 28.9 Å². The van der Waals surface area contributed by atoms with E-state index in [1.807, 2.05) is 13.0 Å². The summed E-state index contributed by atoms with van der Waals surface area (Å²) in [7, 11) is 1.65. The number of carboxylic acids is 1. The van der Waals surface area contributed by atoms with Crippen molar-refractivity contribution in [3.63, 3.8) is 0 Å². The number of carbonyl (C=O) groups is 2. The molecule has 0 spiro atoms. The van der Waals surface area contributed by atoms with Gasteiger partial charge in [-0.2, -0.15) is 0 Å². The summed E-state index contributed by atoms with van der Waals surface area (Å²) in [6.45, 7) is 2.24. The zero-order valence-electron chi connectivity index (χ0n) is 10.0. The average molecular weight is 236 g/mol. The molecule has 0 aromatic carbocycles. The molecule has 0 unspecified atom stereocenters. The molecule has 1 heterocycles. The number of pyridine rings is 1. The van der Waals surface area contributed by atoms with E-state index in [-0.39, 0.29) is 12.3 Å². The fourth-order valence-corrected chi connectivity index (χ4v) is 1.46. The van der Waals surface area contributed by atoms with Gasteiger partial charge in [0.15, 0.2) is 0 Å². The molecule has 1 amide bonds. The minimum atomic E-state index is -0.847. The molecular formula is C12H16N2O3. The van der Waals surface area contributed by atoms with Crippen LogP contribution in [0, 0.1) is 6.92 Å². The van der Waals surface area contributed by atoms with Crippen LogP contribution in [0.3, 0.4) is 0 Å². The Morgan fingerprint density at radius 1 is 1.47 bits per heavy atom. The summed E-state index contributed by atoms with van der Waals surface area (Å²) >= 11 is 0. The van der Waals surface area contributed by atoms with Crippen molar-refractivity contribution in [2.45, 2.75) is 19.8 Å². The zero-order valence-corrected chi connectivity index (χ0v) is 10.0. The smallest absolute Gasteiger partial charge is 0.303 e. The minimum Gasteiger partial charge on any atom is -0.481 e. The molecule has 1 N–H and O–H groups in total. The summed E-state index contributed by atoms with van der Waals surface area (Å²) in [6.07, 6.45) is 2.09. The highest BCUT2D eigenvalue weighted by atomic mass is 16.4. The quantitative estimate of drug-likeness (QED) is 0.837. The van der Waals surface area contributed by atoms with E-state index < -0.39 is 5.97 Å². The number of hydrogen-bond donors (Lipinski definition) is 1. The van der Waals surface area contributed by atoms with Crippen molar-refractivity contribution in [1.82, 2.24) is 9.88 Å². The van der Waals surface area contributed by atoms with Gasteiger partial charge >= 0.3 is 5.97 Å². The lowest BCUT2D eigenvalue weighted by Crippen LogP contribution is -2.29. The number of aliphatic carboxylic acids is 1. The summed E-state index contributed by atoms with van der Waals surface area (Å²) < 4.78 is 0. The monoisotopic (exact) mass is 236 g/mol. The van der Waals surface area contributed by atoms with Crippen LogP contribution in [0.4, 0.5) is 0 Å². The van der Waals surface area contributed by atoms with E-state index >= 15 is 0 Å². The van der Waals surface area contributed by atoms with Crippen molar-refractivity contribution in [3.8, 4) is 0 Å². The first-order valence-corrected chi connectivity index (χ1v) is 5.41. The van der Waals surface area contributed by atoms with Crippen LogP contribution in [0.2, 0.25) is 0 Å². The zero-order chi connectivity index (χ0) is 12.8. The summed E-state index contributed by atoms with van der Waals surface area (Å²) in [5.41, 5.74) is 1.24. The Morgan fingerprint density at radius 3 is 2.76 bits per heavy atom. The minimum absolute atomic E-state index is 0.0683. The van der Waals surface area contributed by atoms with Crippen LogP contribution < -0.4 is 0 Å². The van der Waals surface area contributed by atoms with Gasteiger partial charge in [0.2, 0.25) is 0 Å². The molecule has 1 rings (SSSR count). The maximum atomic E-state index is 12.0. The van der Waals surface area contributed by atoms with Crippen LogP contribution in [-0.2, 0) is 4.79 Å². The van der Waals surface area contributed by atoms with Crippen molar-refractivity contribution in [3.05, 3.63) is 29.6 Å². The third-order valence-electron chi connectivity index (χ3n) is 2.44. The van der Waals surface area contributed by atoms with Crippen molar-refractivity contribution < 1.29 is 14.7 Å². The third-order valence-corrected chi connectivity index (χ3v) is 2.44. The lowest BCUT2D eigenvalue weighted by Gasteiger charge is -2.16. The van der Waals surface area contributed by atoms with Gasteiger partial charge in [0, 0.05) is 26.2 Å². The van der Waals surface area contributed by atoms with Gasteiger partial charge in [-0.1, -0.05) is 6.07 Å². The predicted octanol–water partition coefficient (Wildman–Crippen LogP) is 1.33. The molecule has 0 bridgehead atoms. The van der Waals surface area contributed by atoms with E-state index in [2.05, 4.69) is 4.98 Å². The molecule has 0 aliphatic rings. The van der Waals surface area contributed by atoms with E-state index in [0.29, 0.717) is 18.7 Å². The molecule has 0 radical (unpaired) electrons. The Hall–Kier alpha value is -1.91. The highest BCUT2D eigenvalue weighted by Gasteiger charge is 2.14. The van der Waals surface area contributed by atoms with E-state index in [0.717, 1.165) is 5.56 Å². The second kappa shape index (κ2) is 5.98. The number of aromatic nitrogens is 1. The number of rotatable bonds is 5. The van der Waals surface area contributed by atoms with Crippen LogP contribution in [0.25, 0.3) is 0 Å². The van der Waals surface area contributed by atoms with Gasteiger partial charge in [0.1, 0.15) is 5.69 Å². The van der Waals surface area contributed by atoms with Gasteiger partial charge in [-0.25, -0.2) is 0 Å². The molecule has 0 atom stereocenters. The largest absolute Gasteiger partial charge is 0.481 e. The van der Waals surface area contributed by atoms with E-state index in [9.17, 15) is 9.59 Å². The van der Waals surface area contributed by atoms with Crippen LogP contribution >= 0.6 is 0 Å². The molecule has 5 nitrogen and oxygen atoms in total. The summed E-state index contributed by atoms with van der Waals surface area (Å²) in [4.78, 5) is 27.8. The topological polar surface area (TPSA) is 70.5 Å². The number of aryl methyl sites for hydroxylation is 1. The average Bonchev–Trinajstić information content (AvgIpc) is 2.28. The standard InChI is InChI=1S/C12H16N2O3/c1-9-5-3-7-13-11(9)12(17)14(2)8-4-6-10(15)16/h3,5,7H,4,6,8H2,1-2H3,(H,15,16). The number of carbonyl (C=O) groups excluding carboxylic acids is 1. The SMILES string of the molecule is Cc1cccnc1C(=O)N(C)CCCC(=O)O. The predicted molar refractivity (Wildman–Crippen MR) is 62.8 cm³/mol. The lowest BCUT2D eigenvalue weighted by atomic mass is 10.2. The molecule has 0 saturated heterocycles. The summed E-state index contributed by atoms with van der Waals surface area (Å²) in [5.74, 6) is -1.02. The van der Waals surface area contributed by atoms with E-state index in [4.69, 9.17) is 5.11 Å². The number of amides is 1. The maximum absolute atomic E-state index is 12.0. The van der Waals surface area contributed by atoms with E-state index in [1.165, 1.54) is 4.90 Å². The van der Waals surface area contributed by atoms with Gasteiger partial charge in [0.05, 0.1) is 0 Å². The van der Waals surface area contributed by atoms with Gasteiger partial charge in [-0.15, -0.1) is 0 Å². The second-order valence-electron chi connectivity index (χ2n) is 3.89. The Morgan fingerprint density at radius 2 is 2.18 bits per heavy atom. The Kier molecular flexibility index (Phi) is 4.63. The van der Waals surface area contributed by atoms with Crippen LogP contribution in [0.5, 0.6) is 0 Å². The Bertz CT molecular complexity index is 418. The van der Waals surface area contributed by atoms with Crippen molar-refractivity contribution in [1.29, 1.82) is 0 Å². The fraction of sp³-hybridized carbons (Fsp3) is 0.417. The number of hydrogen-bond acceptors (Lipinski definition) is 3. The second-order valence-corrected chi connectivity index (χ2v) is 3.89. The van der Waals surface area contributed by atoms with Gasteiger partial charge in [0.25, 0.3) is 5.91 Å². The van der Waals surface area contributed by atoms with E-state index in [1.54, 1.807) is 19.3 Å². The van der Waals surface area contributed by atoms with Crippen LogP contribution in [0.15, 0.2) is 18.3 Å². The first kappa shape index (κ1) is 13.2. The number of nitrogens with zero attached hydrogens (tertiary/aromatic N) is 2. The van der Waals surface area contributed by atoms with Crippen molar-refractivity contribution >= 4 is 11.9 Å². The van der Waals surface area contributed by atoms with Gasteiger partial charge in [-0.3, -0.25) is 14.6 Å². The Labute approximate surface area is 100 Å². The highest BCUT2D eigenvalue weighted by Crippen LogP contribution is 2.07. The van der Waals surface area contributed by atoms with Gasteiger partial charge < -0.3 is 10.0 Å². The van der Waals surface area contributed by atoms with Gasteiger partial charge in [-0.05, 0) is 25.0 Å². The lowest BCUT2D eigenvalue weighted by molar-refractivity contribution is -0.137. The molecule has 17 heavy (non-hydrogen) atoms. The fourth-order valence-electron chi connectivity index (χ4n) is 1.46. The number of carboxylic acid groups (broad SMARTS) is 1. The highest BCUT2D eigenvalue weighted by molar-refractivity contribution is 5.93. The molecule has 92 valence electrons. The van der Waals surface area contributed by atoms with Crippen LogP contribution in [-0.4, -0.2) is 40.5 Å². The normalized spacial score (nSPS) is 10.0. The summed E-state index contributed by atoms with van der Waals surface area (Å²) in [5, 5.41) is 8.51. The molecule has 0 aliphatic heterocycles. The third kappa shape index (κ3) is 3.86. The molecular weight excluding hydrogens is 220 g/mol. The van der Waals surface area contributed by atoms with Crippen molar-refractivity contribution in [2.75, 3.05) is 13.6 Å². The molecule has 5 heteroatoms. The molecule has 0 aliphatic carbocycles. The van der Waals surface area contributed by atoms with Crippen molar-refractivity contribution in [2.24, 2.45) is 0 Å². The molecule has 0 fully saturated rings. The maximum Gasteiger partial charge on any atom is 0.303 e. The molecule has 1 aromatic heterocycles. The summed E-state index contributed by atoms with van der Waals surface area (Å²) in [6, 6.07) is 3.60. The Balaban J connectivity index is 2.58. The first-order valence-electron chi connectivity index (χ1n) is 5.41. The first-order chi connectivity index (χ1) is 8.02.